The van der Waals surface area contributed by atoms with Crippen molar-refractivity contribution in [3.05, 3.63) is 41.1 Å². The minimum absolute atomic E-state index is 0.0642. The van der Waals surface area contributed by atoms with Gasteiger partial charge in [-0.3, -0.25) is 4.79 Å². The molecule has 27 heavy (non-hydrogen) atoms. The van der Waals surface area contributed by atoms with Gasteiger partial charge in [-0.1, -0.05) is 30.3 Å². The maximum absolute atomic E-state index is 13.2. The van der Waals surface area contributed by atoms with Crippen LogP contribution in [0, 0.1) is 0 Å². The third kappa shape index (κ3) is 5.03. The molecule has 1 aliphatic rings. The molecule has 1 saturated heterocycles. The molecule has 2 aromatic heterocycles. The molecule has 1 fully saturated rings. The van der Waals surface area contributed by atoms with Gasteiger partial charge in [0.1, 0.15) is 5.76 Å². The van der Waals surface area contributed by atoms with Crippen molar-refractivity contribution in [2.75, 3.05) is 17.3 Å². The lowest BCUT2D eigenvalue weighted by molar-refractivity contribution is 0.0659. The lowest BCUT2D eigenvalue weighted by atomic mass is 10.2. The molecule has 0 unspecified atom stereocenters. The average molecular weight is 430 g/mol. The summed E-state index contributed by atoms with van der Waals surface area (Å²) in [5.74, 6) is 0.971. The Hall–Kier alpha value is -1.58. The number of thioether (sulfide) groups is 1. The number of hydrogen-bond donors (Lipinski definition) is 0. The molecule has 3 heterocycles. The fraction of sp³-hybridized carbons (Fsp3) is 0.471. The van der Waals surface area contributed by atoms with Crippen molar-refractivity contribution >= 4 is 39.1 Å². The van der Waals surface area contributed by atoms with Gasteiger partial charge < -0.3 is 9.32 Å². The van der Waals surface area contributed by atoms with Crippen LogP contribution in [0.1, 0.15) is 36.0 Å². The van der Waals surface area contributed by atoms with Crippen LogP contribution in [0.4, 0.5) is 0 Å². The Bertz CT molecular complexity index is 903. The van der Waals surface area contributed by atoms with Crippen LogP contribution in [0.3, 0.4) is 0 Å². The molecule has 7 nitrogen and oxygen atoms in total. The van der Waals surface area contributed by atoms with Gasteiger partial charge in [0.2, 0.25) is 0 Å². The van der Waals surface area contributed by atoms with E-state index in [9.17, 15) is 13.2 Å². The lowest BCUT2D eigenvalue weighted by Gasteiger charge is -2.27. The summed E-state index contributed by atoms with van der Waals surface area (Å²) >= 11 is 7.63. The first-order valence-corrected chi connectivity index (χ1v) is 11.8. The fourth-order valence-corrected chi connectivity index (χ4v) is 5.43. The summed E-state index contributed by atoms with van der Waals surface area (Å²) in [6.07, 6.45) is 4.26. The van der Waals surface area contributed by atoms with Crippen molar-refractivity contribution in [2.45, 2.75) is 37.5 Å². The first-order chi connectivity index (χ1) is 12.9. The maximum atomic E-state index is 13.2. The zero-order valence-electron chi connectivity index (χ0n) is 14.8. The summed E-state index contributed by atoms with van der Waals surface area (Å²) in [6.45, 7) is 2.20. The minimum Gasteiger partial charge on any atom is -0.467 e. The molecule has 2 aromatic rings. The molecule has 0 aromatic carbocycles. The van der Waals surface area contributed by atoms with Gasteiger partial charge in [0.05, 0.1) is 35.5 Å². The smallest absolute Gasteiger partial charge is 0.274 e. The topological polar surface area (TPSA) is 93.4 Å². The number of aromatic nitrogens is 2. The zero-order valence-corrected chi connectivity index (χ0v) is 17.2. The Morgan fingerprint density at radius 3 is 2.93 bits per heavy atom. The van der Waals surface area contributed by atoms with Crippen molar-refractivity contribution < 1.29 is 17.6 Å². The summed E-state index contributed by atoms with van der Waals surface area (Å²) < 4.78 is 29.2. The van der Waals surface area contributed by atoms with Gasteiger partial charge in [-0.05, 0) is 25.0 Å². The van der Waals surface area contributed by atoms with Crippen molar-refractivity contribution in [1.29, 1.82) is 0 Å². The Kier molecular flexibility index (Phi) is 6.44. The molecule has 0 bridgehead atoms. The summed E-state index contributed by atoms with van der Waals surface area (Å²) in [7, 11) is -3.16. The number of amides is 1. The fourth-order valence-electron chi connectivity index (χ4n) is 2.86. The molecule has 146 valence electrons. The van der Waals surface area contributed by atoms with Crippen molar-refractivity contribution in [3.8, 4) is 0 Å². The lowest BCUT2D eigenvalue weighted by Crippen LogP contribution is -2.41. The van der Waals surface area contributed by atoms with Crippen LogP contribution < -0.4 is 0 Å². The van der Waals surface area contributed by atoms with Gasteiger partial charge in [-0.15, -0.1) is 0 Å². The van der Waals surface area contributed by atoms with E-state index >= 15 is 0 Å². The highest BCUT2D eigenvalue weighted by molar-refractivity contribution is 7.99. The van der Waals surface area contributed by atoms with Crippen LogP contribution in [0.25, 0.3) is 0 Å². The minimum atomic E-state index is -3.16. The molecular weight excluding hydrogens is 410 g/mol. The molecule has 0 N–H and O–H groups in total. The third-order valence-electron chi connectivity index (χ3n) is 4.18. The predicted octanol–water partition coefficient (Wildman–Crippen LogP) is 3.05. The number of hydrogen-bond acceptors (Lipinski definition) is 7. The average Bonchev–Trinajstić information content (AvgIpc) is 3.27. The molecule has 1 atom stereocenters. The molecule has 0 radical (unpaired) electrons. The number of halogens is 1. The molecule has 10 heteroatoms. The van der Waals surface area contributed by atoms with Crippen molar-refractivity contribution in [3.63, 3.8) is 0 Å². The van der Waals surface area contributed by atoms with Crippen molar-refractivity contribution in [1.82, 2.24) is 14.9 Å². The summed E-state index contributed by atoms with van der Waals surface area (Å²) in [4.78, 5) is 23.2. The first kappa shape index (κ1) is 20.2. The van der Waals surface area contributed by atoms with E-state index < -0.39 is 21.8 Å². The van der Waals surface area contributed by atoms with Crippen LogP contribution in [0.2, 0.25) is 5.02 Å². The van der Waals surface area contributed by atoms with E-state index in [1.807, 2.05) is 6.92 Å². The van der Waals surface area contributed by atoms with E-state index in [0.29, 0.717) is 17.3 Å². The molecule has 3 rings (SSSR count). The maximum Gasteiger partial charge on any atom is 0.274 e. The number of furan rings is 1. The zero-order chi connectivity index (χ0) is 19.4. The SMILES string of the molecule is CCCSc1ncc(Cl)c(C(=O)N(Cc2ccco2)[C@H]2CCS(=O)(=O)C2)n1. The highest BCUT2D eigenvalue weighted by Crippen LogP contribution is 2.25. The highest BCUT2D eigenvalue weighted by Gasteiger charge is 2.36. The second-order valence-corrected chi connectivity index (χ2v) is 9.96. The van der Waals surface area contributed by atoms with E-state index in [2.05, 4.69) is 9.97 Å². The van der Waals surface area contributed by atoms with Crippen LogP contribution >= 0.6 is 23.4 Å². The number of nitrogens with zero attached hydrogens (tertiary/aromatic N) is 3. The normalized spacial score (nSPS) is 18.5. The number of carbonyl (C=O) groups excluding carboxylic acids is 1. The van der Waals surface area contributed by atoms with Crippen molar-refractivity contribution in [2.24, 2.45) is 0 Å². The third-order valence-corrected chi connectivity index (χ3v) is 7.27. The Labute approximate surface area is 167 Å². The van der Waals surface area contributed by atoms with E-state index in [-0.39, 0.29) is 28.8 Å². The van der Waals surface area contributed by atoms with Gasteiger partial charge in [0.25, 0.3) is 5.91 Å². The largest absolute Gasteiger partial charge is 0.467 e. The standard InChI is InChI=1S/C17H20ClN3O4S2/c1-2-7-26-17-19-9-14(18)15(20-17)16(22)21(10-13-4-3-6-25-13)12-5-8-27(23,24)11-12/h3-4,6,9,12H,2,5,7-8,10-11H2,1H3/t12-/m0/s1. The van der Waals surface area contributed by atoms with E-state index in [4.69, 9.17) is 16.0 Å². The summed E-state index contributed by atoms with van der Waals surface area (Å²) in [5.41, 5.74) is 0.0844. The number of carbonyl (C=O) groups is 1. The van der Waals surface area contributed by atoms with Crippen LogP contribution in [-0.4, -0.2) is 52.5 Å². The van der Waals surface area contributed by atoms with Gasteiger partial charge in [-0.25, -0.2) is 18.4 Å². The molecule has 0 saturated carbocycles. The highest BCUT2D eigenvalue weighted by atomic mass is 35.5. The van der Waals surface area contributed by atoms with Crippen LogP contribution in [-0.2, 0) is 16.4 Å². The Morgan fingerprint density at radius 2 is 2.30 bits per heavy atom. The molecular formula is C17H20ClN3O4S2. The summed E-state index contributed by atoms with van der Waals surface area (Å²) in [5, 5.41) is 0.618. The quantitative estimate of drug-likeness (QED) is 0.493. The Balaban J connectivity index is 1.90. The van der Waals surface area contributed by atoms with Gasteiger partial charge >= 0.3 is 0 Å². The molecule has 1 aliphatic heterocycles. The number of rotatable bonds is 7. The van der Waals surface area contributed by atoms with Gasteiger partial charge in [-0.2, -0.15) is 0 Å². The first-order valence-electron chi connectivity index (χ1n) is 8.58. The Morgan fingerprint density at radius 1 is 1.48 bits per heavy atom. The predicted molar refractivity (Wildman–Crippen MR) is 104 cm³/mol. The summed E-state index contributed by atoms with van der Waals surface area (Å²) in [6, 6.07) is 3.03. The van der Waals surface area contributed by atoms with Crippen LogP contribution in [0.5, 0.6) is 0 Å². The molecule has 1 amide bonds. The van der Waals surface area contributed by atoms with E-state index in [1.54, 1.807) is 12.1 Å². The number of sulfone groups is 1. The van der Waals surface area contributed by atoms with E-state index in [0.717, 1.165) is 12.2 Å². The van der Waals surface area contributed by atoms with Gasteiger partial charge in [0.15, 0.2) is 20.7 Å². The monoisotopic (exact) mass is 429 g/mol. The second kappa shape index (κ2) is 8.62. The van der Waals surface area contributed by atoms with Crippen LogP contribution in [0.15, 0.2) is 34.2 Å². The second-order valence-electron chi connectivity index (χ2n) is 6.27. The van der Waals surface area contributed by atoms with Gasteiger partial charge in [0, 0.05) is 11.8 Å². The molecule has 0 aliphatic carbocycles. The molecule has 0 spiro atoms. The van der Waals surface area contributed by atoms with E-state index in [1.165, 1.54) is 29.1 Å².